The van der Waals surface area contributed by atoms with E-state index in [0.717, 1.165) is 19.3 Å². The smallest absolute Gasteiger partial charge is 0.310 e. The van der Waals surface area contributed by atoms with E-state index in [-0.39, 0.29) is 5.92 Å². The molecule has 2 heteroatoms. The van der Waals surface area contributed by atoms with Crippen LogP contribution in [-0.4, -0.2) is 11.1 Å². The Morgan fingerprint density at radius 1 is 1.58 bits per heavy atom. The normalized spacial score (nSPS) is 10.8. The summed E-state index contributed by atoms with van der Waals surface area (Å²) in [5.74, 6) is -1.11. The third-order valence-electron chi connectivity index (χ3n) is 1.47. The van der Waals surface area contributed by atoms with Crippen LogP contribution in [0.5, 0.6) is 0 Å². The Hall–Kier alpha value is -1.05. The molecule has 0 heterocycles. The van der Waals surface area contributed by atoms with Crippen LogP contribution in [0, 0.1) is 5.92 Å². The zero-order valence-electron chi connectivity index (χ0n) is 7.75. The van der Waals surface area contributed by atoms with Crippen molar-refractivity contribution in [3.05, 3.63) is 25.8 Å². The van der Waals surface area contributed by atoms with Gasteiger partial charge < -0.3 is 5.11 Å². The Balaban J connectivity index is 0. The van der Waals surface area contributed by atoms with Gasteiger partial charge in [0.25, 0.3) is 0 Å². The molecule has 0 rings (SSSR count). The van der Waals surface area contributed by atoms with Crippen LogP contribution in [0.25, 0.3) is 0 Å². The molecule has 0 aromatic heterocycles. The molecule has 0 saturated heterocycles. The van der Waals surface area contributed by atoms with Gasteiger partial charge in [-0.1, -0.05) is 25.8 Å². The third kappa shape index (κ3) is 7.06. The van der Waals surface area contributed by atoms with Crippen LogP contribution in [0.4, 0.5) is 0 Å². The lowest BCUT2D eigenvalue weighted by Gasteiger charge is -2.03. The number of carboxylic acids is 1. The van der Waals surface area contributed by atoms with Crippen molar-refractivity contribution in [2.75, 3.05) is 0 Å². The highest BCUT2D eigenvalue weighted by Crippen LogP contribution is 2.08. The van der Waals surface area contributed by atoms with Crippen LogP contribution < -0.4 is 0 Å². The van der Waals surface area contributed by atoms with Crippen molar-refractivity contribution in [2.24, 2.45) is 5.92 Å². The average molecular weight is 170 g/mol. The van der Waals surface area contributed by atoms with Gasteiger partial charge in [-0.25, -0.2) is 0 Å². The predicted octanol–water partition coefficient (Wildman–Crippen LogP) is 2.87. The van der Waals surface area contributed by atoms with Crippen molar-refractivity contribution in [1.82, 2.24) is 0 Å². The maximum Gasteiger partial charge on any atom is 0.310 e. The van der Waals surface area contributed by atoms with Crippen molar-refractivity contribution in [3.8, 4) is 0 Å². The SMILES string of the molecule is C=C.C=CC(CCCC)C(=O)O. The Bertz CT molecular complexity index is 130. The number of aliphatic carboxylic acids is 1. The summed E-state index contributed by atoms with van der Waals surface area (Å²) in [5.41, 5.74) is 0. The lowest BCUT2D eigenvalue weighted by atomic mass is 10.0. The summed E-state index contributed by atoms with van der Waals surface area (Å²) in [5, 5.41) is 8.53. The largest absolute Gasteiger partial charge is 0.481 e. The zero-order valence-corrected chi connectivity index (χ0v) is 7.75. The molecule has 0 saturated carbocycles. The molecule has 0 aromatic carbocycles. The Morgan fingerprint density at radius 2 is 2.08 bits per heavy atom. The molecule has 0 aliphatic heterocycles. The first-order valence-corrected chi connectivity index (χ1v) is 4.07. The van der Waals surface area contributed by atoms with E-state index in [4.69, 9.17) is 5.11 Å². The van der Waals surface area contributed by atoms with Gasteiger partial charge in [-0.05, 0) is 6.42 Å². The minimum atomic E-state index is -0.761. The van der Waals surface area contributed by atoms with E-state index >= 15 is 0 Å². The maximum absolute atomic E-state index is 10.4. The van der Waals surface area contributed by atoms with Crippen molar-refractivity contribution >= 4 is 5.97 Å². The second-order valence-electron chi connectivity index (χ2n) is 2.32. The molecule has 0 aromatic rings. The molecule has 0 amide bonds. The quantitative estimate of drug-likeness (QED) is 0.644. The molecule has 0 fully saturated rings. The lowest BCUT2D eigenvalue weighted by molar-refractivity contribution is -0.140. The van der Waals surface area contributed by atoms with Gasteiger partial charge in [-0.2, -0.15) is 0 Å². The first-order chi connectivity index (χ1) is 5.72. The van der Waals surface area contributed by atoms with Crippen LogP contribution in [0.2, 0.25) is 0 Å². The minimum Gasteiger partial charge on any atom is -0.481 e. The summed E-state index contributed by atoms with van der Waals surface area (Å²) in [6, 6.07) is 0. The fourth-order valence-corrected chi connectivity index (χ4v) is 0.766. The van der Waals surface area contributed by atoms with Crippen molar-refractivity contribution in [2.45, 2.75) is 26.2 Å². The molecular weight excluding hydrogens is 152 g/mol. The van der Waals surface area contributed by atoms with Crippen molar-refractivity contribution < 1.29 is 9.90 Å². The van der Waals surface area contributed by atoms with Gasteiger partial charge in [0.05, 0.1) is 5.92 Å². The molecule has 70 valence electrons. The second-order valence-corrected chi connectivity index (χ2v) is 2.32. The average Bonchev–Trinajstić information content (AvgIpc) is 2.09. The summed E-state index contributed by atoms with van der Waals surface area (Å²) in [6.45, 7) is 11.5. The third-order valence-corrected chi connectivity index (χ3v) is 1.47. The summed E-state index contributed by atoms with van der Waals surface area (Å²) in [7, 11) is 0. The Morgan fingerprint density at radius 3 is 2.33 bits per heavy atom. The number of hydrogen-bond donors (Lipinski definition) is 1. The Labute approximate surface area is 74.6 Å². The molecule has 12 heavy (non-hydrogen) atoms. The second kappa shape index (κ2) is 9.95. The van der Waals surface area contributed by atoms with Gasteiger partial charge in [-0.3, -0.25) is 4.79 Å². The molecule has 2 nitrogen and oxygen atoms in total. The molecule has 1 atom stereocenters. The standard InChI is InChI=1S/C8H14O2.C2H4/c1-3-5-6-7(4-2)8(9)10;1-2/h4,7H,2-3,5-6H2,1H3,(H,9,10);1-2H2. The van der Waals surface area contributed by atoms with Gasteiger partial charge in [0.15, 0.2) is 0 Å². The maximum atomic E-state index is 10.4. The highest BCUT2D eigenvalue weighted by atomic mass is 16.4. The topological polar surface area (TPSA) is 37.3 Å². The first-order valence-electron chi connectivity index (χ1n) is 4.07. The van der Waals surface area contributed by atoms with E-state index in [1.54, 1.807) is 0 Å². The lowest BCUT2D eigenvalue weighted by Crippen LogP contribution is -2.09. The molecular formula is C10H18O2. The number of carbonyl (C=O) groups is 1. The molecule has 0 spiro atoms. The van der Waals surface area contributed by atoms with E-state index in [2.05, 4.69) is 19.7 Å². The van der Waals surface area contributed by atoms with Crippen LogP contribution in [0.1, 0.15) is 26.2 Å². The molecule has 0 bridgehead atoms. The Kier molecular flexibility index (Phi) is 11.2. The van der Waals surface area contributed by atoms with E-state index in [1.807, 2.05) is 6.92 Å². The van der Waals surface area contributed by atoms with E-state index in [0.29, 0.717) is 0 Å². The van der Waals surface area contributed by atoms with Crippen LogP contribution in [0.3, 0.4) is 0 Å². The fourth-order valence-electron chi connectivity index (χ4n) is 0.766. The molecule has 1 N–H and O–H groups in total. The number of hydrogen-bond acceptors (Lipinski definition) is 1. The number of rotatable bonds is 5. The zero-order chi connectivity index (χ0) is 9.98. The minimum absolute atomic E-state index is 0.347. The van der Waals surface area contributed by atoms with Crippen LogP contribution in [0.15, 0.2) is 25.8 Å². The number of unbranched alkanes of at least 4 members (excludes halogenated alkanes) is 1. The van der Waals surface area contributed by atoms with E-state index in [1.165, 1.54) is 6.08 Å². The highest BCUT2D eigenvalue weighted by Gasteiger charge is 2.10. The van der Waals surface area contributed by atoms with Crippen LogP contribution >= 0.6 is 0 Å². The van der Waals surface area contributed by atoms with E-state index in [9.17, 15) is 4.79 Å². The van der Waals surface area contributed by atoms with Crippen molar-refractivity contribution in [1.29, 1.82) is 0 Å². The van der Waals surface area contributed by atoms with Gasteiger partial charge in [-0.15, -0.1) is 19.7 Å². The van der Waals surface area contributed by atoms with Gasteiger partial charge in [0.2, 0.25) is 0 Å². The van der Waals surface area contributed by atoms with Crippen molar-refractivity contribution in [3.63, 3.8) is 0 Å². The summed E-state index contributed by atoms with van der Waals surface area (Å²) >= 11 is 0. The molecule has 0 aliphatic rings. The summed E-state index contributed by atoms with van der Waals surface area (Å²) in [4.78, 5) is 10.4. The fraction of sp³-hybridized carbons (Fsp3) is 0.500. The van der Waals surface area contributed by atoms with Gasteiger partial charge in [0, 0.05) is 0 Å². The predicted molar refractivity (Wildman–Crippen MR) is 52.1 cm³/mol. The monoisotopic (exact) mass is 170 g/mol. The summed E-state index contributed by atoms with van der Waals surface area (Å²) in [6.07, 6.45) is 4.22. The number of carboxylic acid groups (broad SMARTS) is 1. The molecule has 0 radical (unpaired) electrons. The van der Waals surface area contributed by atoms with Crippen LogP contribution in [-0.2, 0) is 4.79 Å². The van der Waals surface area contributed by atoms with Gasteiger partial charge >= 0.3 is 5.97 Å². The molecule has 0 aliphatic carbocycles. The summed E-state index contributed by atoms with van der Waals surface area (Å²) < 4.78 is 0. The molecule has 1 unspecified atom stereocenters. The van der Waals surface area contributed by atoms with Gasteiger partial charge in [0.1, 0.15) is 0 Å². The highest BCUT2D eigenvalue weighted by molar-refractivity contribution is 5.71. The first kappa shape index (κ1) is 13.5. The van der Waals surface area contributed by atoms with E-state index < -0.39 is 5.97 Å².